The van der Waals surface area contributed by atoms with Crippen LogP contribution in [0.15, 0.2) is 23.3 Å². The van der Waals surface area contributed by atoms with E-state index in [-0.39, 0.29) is 48.3 Å². The van der Waals surface area contributed by atoms with Crippen molar-refractivity contribution < 1.29 is 32.2 Å². The van der Waals surface area contributed by atoms with Gasteiger partial charge in [-0.25, -0.2) is 14.2 Å². The zero-order valence-corrected chi connectivity index (χ0v) is 20.7. The maximum atomic E-state index is 13.7. The maximum absolute atomic E-state index is 13.7. The molecule has 196 valence electrons. The van der Waals surface area contributed by atoms with Gasteiger partial charge in [0.25, 0.3) is 0 Å². The molecule has 36 heavy (non-hydrogen) atoms. The lowest BCUT2D eigenvalue weighted by atomic mass is 10.1. The number of anilines is 2. The fourth-order valence-electron chi connectivity index (χ4n) is 3.48. The number of nitrogens with zero attached hydrogens (tertiary/aromatic N) is 5. The van der Waals surface area contributed by atoms with E-state index < -0.39 is 34.8 Å². The summed E-state index contributed by atoms with van der Waals surface area (Å²) in [6.45, 7) is 3.08. The highest BCUT2D eigenvalue weighted by atomic mass is 35.5. The summed E-state index contributed by atoms with van der Waals surface area (Å²) in [5, 5.41) is 17.7. The molecule has 1 aliphatic rings. The highest BCUT2D eigenvalue weighted by Gasteiger charge is 2.38. The fourth-order valence-corrected chi connectivity index (χ4v) is 3.84. The van der Waals surface area contributed by atoms with E-state index in [9.17, 15) is 27.5 Å². The fraction of sp³-hybridized carbons (Fsp3) is 0.409. The van der Waals surface area contributed by atoms with E-state index in [4.69, 9.17) is 16.3 Å². The van der Waals surface area contributed by atoms with Crippen LogP contribution in [-0.4, -0.2) is 67.5 Å². The predicted octanol–water partition coefficient (Wildman–Crippen LogP) is 3.75. The Morgan fingerprint density at radius 2 is 2.06 bits per heavy atom. The van der Waals surface area contributed by atoms with Crippen molar-refractivity contribution in [1.82, 2.24) is 15.3 Å². The van der Waals surface area contributed by atoms with Crippen LogP contribution in [0.2, 0.25) is 5.02 Å². The summed E-state index contributed by atoms with van der Waals surface area (Å²) in [6.07, 6.45) is -5.31. The predicted molar refractivity (Wildman–Crippen MR) is 127 cm³/mol. The number of aliphatic hydroxyl groups excluding tert-OH is 1. The number of hydrazone groups is 1. The van der Waals surface area contributed by atoms with Crippen LogP contribution < -0.4 is 19.9 Å². The van der Waals surface area contributed by atoms with Crippen molar-refractivity contribution >= 4 is 35.5 Å². The Labute approximate surface area is 209 Å². The van der Waals surface area contributed by atoms with Gasteiger partial charge >= 0.3 is 12.3 Å². The van der Waals surface area contributed by atoms with Crippen molar-refractivity contribution in [3.63, 3.8) is 0 Å². The second-order valence-electron chi connectivity index (χ2n) is 8.14. The highest BCUT2D eigenvalue weighted by molar-refractivity contribution is 6.35. The molecule has 0 aliphatic carbocycles. The van der Waals surface area contributed by atoms with E-state index in [1.807, 2.05) is 0 Å². The number of likely N-dealkylation sites (N-methyl/N-ethyl adjacent to an activating group) is 1. The van der Waals surface area contributed by atoms with Crippen LogP contribution >= 0.6 is 11.6 Å². The van der Waals surface area contributed by atoms with Crippen LogP contribution in [0.3, 0.4) is 0 Å². The standard InChI is InChI=1S/C22H25ClF4N6O3/c1-12-7-15(22(25,26)27)18(23)19(32-10-29-33(11-32)9-14(34)8-28-3)20(12)36-21(35)31(4)17-6-5-16(24)13(2)30-17/h5-7,10,14,28,34H,8-9,11H2,1-4H3. The van der Waals surface area contributed by atoms with Crippen LogP contribution in [0.5, 0.6) is 5.75 Å². The number of carbonyl (C=O) groups is 1. The van der Waals surface area contributed by atoms with E-state index in [0.717, 1.165) is 17.0 Å². The Morgan fingerprint density at radius 1 is 1.36 bits per heavy atom. The molecule has 0 radical (unpaired) electrons. The monoisotopic (exact) mass is 532 g/mol. The molecule has 0 saturated heterocycles. The highest BCUT2D eigenvalue weighted by Crippen LogP contribution is 2.47. The minimum absolute atomic E-state index is 0.00575. The van der Waals surface area contributed by atoms with Gasteiger partial charge in [-0.1, -0.05) is 11.6 Å². The van der Waals surface area contributed by atoms with Gasteiger partial charge in [-0.3, -0.25) is 9.91 Å². The molecule has 0 spiro atoms. The summed E-state index contributed by atoms with van der Waals surface area (Å²) < 4.78 is 60.2. The van der Waals surface area contributed by atoms with Crippen LogP contribution in [0.25, 0.3) is 0 Å². The van der Waals surface area contributed by atoms with Crippen LogP contribution in [0.1, 0.15) is 16.8 Å². The number of rotatable bonds is 7. The minimum Gasteiger partial charge on any atom is -0.407 e. The largest absolute Gasteiger partial charge is 0.420 e. The molecule has 2 N–H and O–H groups in total. The first-order valence-electron chi connectivity index (χ1n) is 10.7. The van der Waals surface area contributed by atoms with Gasteiger partial charge < -0.3 is 20.1 Å². The van der Waals surface area contributed by atoms with Gasteiger partial charge in [0.2, 0.25) is 0 Å². The Balaban J connectivity index is 1.97. The molecule has 1 unspecified atom stereocenters. The first-order valence-corrected chi connectivity index (χ1v) is 11.1. The molecule has 2 aromatic rings. The number of hydrogen-bond acceptors (Lipinski definition) is 8. The topological polar surface area (TPSA) is 93.5 Å². The maximum Gasteiger partial charge on any atom is 0.420 e. The van der Waals surface area contributed by atoms with Crippen molar-refractivity contribution in [3.05, 3.63) is 45.9 Å². The average Bonchev–Trinajstić information content (AvgIpc) is 3.24. The number of ether oxygens (including phenoxy) is 1. The van der Waals surface area contributed by atoms with Crippen LogP contribution in [-0.2, 0) is 6.18 Å². The summed E-state index contributed by atoms with van der Waals surface area (Å²) >= 11 is 6.21. The third-order valence-electron chi connectivity index (χ3n) is 5.32. The number of aliphatic hydroxyl groups is 1. The smallest absolute Gasteiger partial charge is 0.407 e. The number of pyridine rings is 1. The minimum atomic E-state index is -4.77. The zero-order chi connectivity index (χ0) is 26.8. The van der Waals surface area contributed by atoms with Crippen molar-refractivity contribution in [2.24, 2.45) is 5.10 Å². The molecule has 1 aromatic carbocycles. The molecule has 0 bridgehead atoms. The van der Waals surface area contributed by atoms with E-state index in [1.165, 1.54) is 43.2 Å². The first kappa shape index (κ1) is 27.4. The Morgan fingerprint density at radius 3 is 2.67 bits per heavy atom. The molecule has 1 amide bonds. The van der Waals surface area contributed by atoms with E-state index in [2.05, 4.69) is 15.4 Å². The normalized spacial score (nSPS) is 14.4. The second kappa shape index (κ2) is 10.8. The molecule has 0 fully saturated rings. The molecule has 1 aliphatic heterocycles. The summed E-state index contributed by atoms with van der Waals surface area (Å²) in [6, 6.07) is 3.18. The Kier molecular flexibility index (Phi) is 8.26. The SMILES string of the molecule is CNCC(O)CN1CN(c2c(Cl)c(C(F)(F)F)cc(C)c2OC(=O)N(C)c2ccc(F)c(C)n2)C=N1. The van der Waals surface area contributed by atoms with Gasteiger partial charge in [-0.2, -0.15) is 18.3 Å². The van der Waals surface area contributed by atoms with Crippen LogP contribution in [0, 0.1) is 19.7 Å². The number of aromatic nitrogens is 1. The van der Waals surface area contributed by atoms with Gasteiger partial charge in [0.15, 0.2) is 5.75 Å². The van der Waals surface area contributed by atoms with Gasteiger partial charge in [0.1, 0.15) is 30.3 Å². The number of β-amino-alcohol motifs (C(OH)–C–C–N with tert-alkyl or cyclic N) is 1. The number of benzene rings is 1. The molecule has 9 nitrogen and oxygen atoms in total. The van der Waals surface area contributed by atoms with Gasteiger partial charge in [0.05, 0.1) is 28.9 Å². The lowest BCUT2D eigenvalue weighted by Crippen LogP contribution is -2.37. The van der Waals surface area contributed by atoms with Gasteiger partial charge in [-0.05, 0) is 44.7 Å². The Hall–Kier alpha value is -3.16. The molecule has 3 rings (SSSR count). The summed E-state index contributed by atoms with van der Waals surface area (Å²) in [5.41, 5.74) is -1.28. The lowest BCUT2D eigenvalue weighted by molar-refractivity contribution is -0.137. The third-order valence-corrected chi connectivity index (χ3v) is 5.70. The molecular weight excluding hydrogens is 508 g/mol. The number of amides is 1. The number of alkyl halides is 3. The number of halogens is 5. The molecule has 2 heterocycles. The van der Waals surface area contributed by atoms with Gasteiger partial charge in [0, 0.05) is 13.6 Å². The van der Waals surface area contributed by atoms with Crippen molar-refractivity contribution in [2.45, 2.75) is 26.1 Å². The number of aryl methyl sites for hydroxylation is 2. The quantitative estimate of drug-likeness (QED) is 0.525. The molecule has 14 heteroatoms. The van der Waals surface area contributed by atoms with Crippen molar-refractivity contribution in [3.8, 4) is 5.75 Å². The first-order chi connectivity index (χ1) is 16.8. The number of hydrogen-bond donors (Lipinski definition) is 2. The van der Waals surface area contributed by atoms with Gasteiger partial charge in [-0.15, -0.1) is 0 Å². The molecular formula is C22H25ClF4N6O3. The van der Waals surface area contributed by atoms with Crippen molar-refractivity contribution in [1.29, 1.82) is 0 Å². The summed E-state index contributed by atoms with van der Waals surface area (Å²) in [7, 11) is 2.99. The zero-order valence-electron chi connectivity index (χ0n) is 19.9. The molecule has 1 aromatic heterocycles. The molecule has 0 saturated carbocycles. The third kappa shape index (κ3) is 5.97. The van der Waals surface area contributed by atoms with E-state index in [0.29, 0.717) is 0 Å². The van der Waals surface area contributed by atoms with Crippen molar-refractivity contribution in [2.75, 3.05) is 43.7 Å². The number of carbonyl (C=O) groups excluding carboxylic acids is 1. The average molecular weight is 533 g/mol. The Bertz CT molecular complexity index is 1160. The van der Waals surface area contributed by atoms with Crippen LogP contribution in [0.4, 0.5) is 33.9 Å². The second-order valence-corrected chi connectivity index (χ2v) is 8.51. The lowest BCUT2D eigenvalue weighted by Gasteiger charge is -2.26. The summed E-state index contributed by atoms with van der Waals surface area (Å²) in [5.74, 6) is -0.706. The number of nitrogens with one attached hydrogen (secondary N) is 1. The van der Waals surface area contributed by atoms with E-state index >= 15 is 0 Å². The summed E-state index contributed by atoms with van der Waals surface area (Å²) in [4.78, 5) is 19.2. The molecule has 1 atom stereocenters. The van der Waals surface area contributed by atoms with E-state index in [1.54, 1.807) is 7.05 Å².